The first-order valence-electron chi connectivity index (χ1n) is 6.30. The number of aryl methyl sites for hydroxylation is 1. The molecule has 1 saturated carbocycles. The Morgan fingerprint density at radius 1 is 1.18 bits per heavy atom. The first kappa shape index (κ1) is 11.1. The van der Waals surface area contributed by atoms with E-state index >= 15 is 0 Å². The second-order valence-electron chi connectivity index (χ2n) is 4.85. The van der Waals surface area contributed by atoms with E-state index in [2.05, 4.69) is 35.6 Å². The van der Waals surface area contributed by atoms with Crippen molar-refractivity contribution >= 4 is 17.8 Å². The minimum atomic E-state index is 0.377. The van der Waals surface area contributed by atoms with Crippen molar-refractivity contribution in [3.63, 3.8) is 0 Å². The SMILES string of the molecule is Cc1ccc(C2=NSC3CCCCC3O2)cc1. The monoisotopic (exact) mass is 247 g/mol. The number of fused-ring (bicyclic) bond motifs is 1. The van der Waals surface area contributed by atoms with E-state index in [4.69, 9.17) is 4.74 Å². The van der Waals surface area contributed by atoms with Gasteiger partial charge in [0.15, 0.2) is 0 Å². The number of hydrogen-bond acceptors (Lipinski definition) is 3. The Hall–Kier alpha value is -0.960. The van der Waals surface area contributed by atoms with Gasteiger partial charge in [-0.25, -0.2) is 0 Å². The Labute approximate surface area is 107 Å². The maximum atomic E-state index is 6.05. The summed E-state index contributed by atoms with van der Waals surface area (Å²) in [5.41, 5.74) is 2.38. The topological polar surface area (TPSA) is 21.6 Å². The van der Waals surface area contributed by atoms with Crippen molar-refractivity contribution in [2.45, 2.75) is 44.0 Å². The molecule has 1 aliphatic heterocycles. The fourth-order valence-corrected chi connectivity index (χ4v) is 3.39. The van der Waals surface area contributed by atoms with Crippen LogP contribution >= 0.6 is 11.9 Å². The van der Waals surface area contributed by atoms with Crippen LogP contribution in [0.2, 0.25) is 0 Å². The molecular formula is C14H17NOS. The smallest absolute Gasteiger partial charge is 0.227 e. The Morgan fingerprint density at radius 3 is 2.76 bits per heavy atom. The normalized spacial score (nSPS) is 27.9. The van der Waals surface area contributed by atoms with Crippen LogP contribution < -0.4 is 0 Å². The van der Waals surface area contributed by atoms with Gasteiger partial charge in [0.25, 0.3) is 0 Å². The van der Waals surface area contributed by atoms with Gasteiger partial charge in [0.2, 0.25) is 5.90 Å². The molecule has 2 atom stereocenters. The highest BCUT2D eigenvalue weighted by Crippen LogP contribution is 2.35. The molecule has 3 heteroatoms. The standard InChI is InChI=1S/C14H17NOS/c1-10-6-8-11(9-7-10)14-15-17-13-5-3-2-4-12(13)16-14/h6-9,12-13H,2-5H2,1H3. The van der Waals surface area contributed by atoms with Crippen molar-refractivity contribution in [3.05, 3.63) is 35.4 Å². The molecule has 1 aromatic carbocycles. The molecular weight excluding hydrogens is 230 g/mol. The van der Waals surface area contributed by atoms with Crippen molar-refractivity contribution in [1.82, 2.24) is 0 Å². The molecule has 0 aromatic heterocycles. The zero-order valence-electron chi connectivity index (χ0n) is 10.1. The van der Waals surface area contributed by atoms with E-state index in [0.717, 1.165) is 11.5 Å². The van der Waals surface area contributed by atoms with Crippen LogP contribution in [0.4, 0.5) is 0 Å². The summed E-state index contributed by atoms with van der Waals surface area (Å²) < 4.78 is 10.6. The lowest BCUT2D eigenvalue weighted by Crippen LogP contribution is -2.35. The van der Waals surface area contributed by atoms with Crippen LogP contribution in [-0.2, 0) is 4.74 Å². The summed E-state index contributed by atoms with van der Waals surface area (Å²) in [6, 6.07) is 8.41. The summed E-state index contributed by atoms with van der Waals surface area (Å²) in [4.78, 5) is 0. The molecule has 17 heavy (non-hydrogen) atoms. The summed E-state index contributed by atoms with van der Waals surface area (Å²) in [6.45, 7) is 2.10. The maximum absolute atomic E-state index is 6.05. The zero-order valence-corrected chi connectivity index (χ0v) is 10.9. The summed E-state index contributed by atoms with van der Waals surface area (Å²) in [7, 11) is 0. The van der Waals surface area contributed by atoms with Crippen molar-refractivity contribution < 1.29 is 4.74 Å². The molecule has 1 aromatic rings. The molecule has 1 heterocycles. The highest BCUT2D eigenvalue weighted by atomic mass is 32.2. The number of rotatable bonds is 1. The van der Waals surface area contributed by atoms with E-state index in [-0.39, 0.29) is 0 Å². The Balaban J connectivity index is 1.80. The van der Waals surface area contributed by atoms with Gasteiger partial charge in [0.05, 0.1) is 5.25 Å². The van der Waals surface area contributed by atoms with Gasteiger partial charge in [-0.3, -0.25) is 0 Å². The average Bonchev–Trinajstić information content (AvgIpc) is 2.39. The second kappa shape index (κ2) is 4.73. The lowest BCUT2D eigenvalue weighted by molar-refractivity contribution is 0.147. The molecule has 2 unspecified atom stereocenters. The summed E-state index contributed by atoms with van der Waals surface area (Å²) in [5, 5.41) is 0.581. The lowest BCUT2D eigenvalue weighted by Gasteiger charge is -2.33. The first-order chi connectivity index (χ1) is 8.33. The quantitative estimate of drug-likeness (QED) is 0.705. The highest BCUT2D eigenvalue weighted by Gasteiger charge is 2.32. The van der Waals surface area contributed by atoms with Gasteiger partial charge in [0, 0.05) is 5.56 Å². The van der Waals surface area contributed by atoms with Crippen LogP contribution in [0.1, 0.15) is 36.8 Å². The van der Waals surface area contributed by atoms with Gasteiger partial charge in [-0.2, -0.15) is 4.40 Å². The summed E-state index contributed by atoms with van der Waals surface area (Å²) >= 11 is 1.72. The van der Waals surface area contributed by atoms with E-state index in [9.17, 15) is 0 Å². The Morgan fingerprint density at radius 2 is 1.94 bits per heavy atom. The van der Waals surface area contributed by atoms with E-state index in [1.54, 1.807) is 11.9 Å². The largest absolute Gasteiger partial charge is 0.472 e. The predicted molar refractivity (Wildman–Crippen MR) is 72.4 cm³/mol. The molecule has 2 aliphatic rings. The third-order valence-corrected chi connectivity index (χ3v) is 4.56. The molecule has 1 aliphatic carbocycles. The van der Waals surface area contributed by atoms with Crippen LogP contribution in [0.25, 0.3) is 0 Å². The van der Waals surface area contributed by atoms with E-state index < -0.39 is 0 Å². The second-order valence-corrected chi connectivity index (χ2v) is 5.85. The summed E-state index contributed by atoms with van der Waals surface area (Å²) in [5.74, 6) is 0.818. The molecule has 90 valence electrons. The van der Waals surface area contributed by atoms with Crippen LogP contribution in [0.5, 0.6) is 0 Å². The molecule has 0 spiro atoms. The number of hydrogen-bond donors (Lipinski definition) is 0. The van der Waals surface area contributed by atoms with Gasteiger partial charge >= 0.3 is 0 Å². The van der Waals surface area contributed by atoms with Crippen LogP contribution in [0, 0.1) is 6.92 Å². The summed E-state index contributed by atoms with van der Waals surface area (Å²) in [6.07, 6.45) is 5.43. The van der Waals surface area contributed by atoms with Crippen molar-refractivity contribution in [2.24, 2.45) is 4.40 Å². The lowest BCUT2D eigenvalue weighted by atomic mass is 9.97. The molecule has 2 nitrogen and oxygen atoms in total. The predicted octanol–water partition coefficient (Wildman–Crippen LogP) is 3.73. The molecule has 0 N–H and O–H groups in total. The van der Waals surface area contributed by atoms with Gasteiger partial charge < -0.3 is 4.74 Å². The molecule has 0 bridgehead atoms. The first-order valence-corrected chi connectivity index (χ1v) is 7.14. The van der Waals surface area contributed by atoms with Crippen molar-refractivity contribution in [2.75, 3.05) is 0 Å². The minimum absolute atomic E-state index is 0.377. The number of benzene rings is 1. The fourth-order valence-electron chi connectivity index (χ4n) is 2.42. The van der Waals surface area contributed by atoms with Gasteiger partial charge in [-0.15, -0.1) is 0 Å². The molecule has 1 fully saturated rings. The maximum Gasteiger partial charge on any atom is 0.227 e. The zero-order chi connectivity index (χ0) is 11.7. The molecule has 0 saturated heterocycles. The van der Waals surface area contributed by atoms with E-state index in [0.29, 0.717) is 11.4 Å². The number of nitrogens with zero attached hydrogens (tertiary/aromatic N) is 1. The minimum Gasteiger partial charge on any atom is -0.472 e. The van der Waals surface area contributed by atoms with E-state index in [1.807, 2.05) is 0 Å². The van der Waals surface area contributed by atoms with Crippen LogP contribution in [-0.4, -0.2) is 17.3 Å². The number of ether oxygens (including phenoxy) is 1. The van der Waals surface area contributed by atoms with Crippen molar-refractivity contribution in [3.8, 4) is 0 Å². The molecule has 0 amide bonds. The molecule has 0 radical (unpaired) electrons. The third-order valence-electron chi connectivity index (χ3n) is 3.47. The van der Waals surface area contributed by atoms with Gasteiger partial charge in [0.1, 0.15) is 6.10 Å². The van der Waals surface area contributed by atoms with E-state index in [1.165, 1.54) is 31.2 Å². The van der Waals surface area contributed by atoms with Crippen molar-refractivity contribution in [1.29, 1.82) is 0 Å². The fraction of sp³-hybridized carbons (Fsp3) is 0.500. The highest BCUT2D eigenvalue weighted by molar-refractivity contribution is 7.98. The molecule has 3 rings (SSSR count). The van der Waals surface area contributed by atoms with Gasteiger partial charge in [-0.1, -0.05) is 24.1 Å². The Kier molecular flexibility index (Phi) is 3.10. The van der Waals surface area contributed by atoms with Crippen LogP contribution in [0.15, 0.2) is 28.7 Å². The van der Waals surface area contributed by atoms with Gasteiger partial charge in [-0.05, 0) is 50.3 Å². The average molecular weight is 247 g/mol. The Bertz CT molecular complexity index is 426. The third kappa shape index (κ3) is 2.34. The van der Waals surface area contributed by atoms with Crippen LogP contribution in [0.3, 0.4) is 0 Å².